The summed E-state index contributed by atoms with van der Waals surface area (Å²) in [6, 6.07) is 32.3. The number of aromatic nitrogens is 2. The molecule has 248 valence electrons. The quantitative estimate of drug-likeness (QED) is 0.110. The number of para-hydroxylation sites is 2. The minimum absolute atomic E-state index is 0.00462. The van der Waals surface area contributed by atoms with Gasteiger partial charge in [-0.1, -0.05) is 85.3 Å². The Hall–Kier alpha value is -4.83. The molecule has 1 aromatic heterocycles. The molecule has 0 bridgehead atoms. The summed E-state index contributed by atoms with van der Waals surface area (Å²) in [6.45, 7) is 1.06. The number of amides is 1. The van der Waals surface area contributed by atoms with Gasteiger partial charge in [-0.25, -0.2) is 4.98 Å². The van der Waals surface area contributed by atoms with E-state index in [0.717, 1.165) is 50.8 Å². The van der Waals surface area contributed by atoms with Gasteiger partial charge in [0.15, 0.2) is 6.29 Å². The van der Waals surface area contributed by atoms with E-state index in [1.807, 2.05) is 79.1 Å². The van der Waals surface area contributed by atoms with Gasteiger partial charge < -0.3 is 29.6 Å². The molecule has 4 aromatic carbocycles. The van der Waals surface area contributed by atoms with Crippen LogP contribution in [0, 0.1) is 0 Å². The number of unbranched alkanes of at least 4 members (excludes halogenated alkanes) is 2. The summed E-state index contributed by atoms with van der Waals surface area (Å²) >= 11 is 0. The van der Waals surface area contributed by atoms with Gasteiger partial charge in [0.05, 0.1) is 42.7 Å². The maximum atomic E-state index is 12.3. The summed E-state index contributed by atoms with van der Waals surface area (Å²) < 4.78 is 15.3. The summed E-state index contributed by atoms with van der Waals surface area (Å²) in [5.41, 5.74) is 7.91. The van der Waals surface area contributed by atoms with E-state index < -0.39 is 12.3 Å². The molecule has 9 heteroatoms. The molecule has 2 heterocycles. The molecule has 0 saturated carbocycles. The van der Waals surface area contributed by atoms with E-state index >= 15 is 0 Å². The molecular weight excluding hydrogens is 606 g/mol. The molecule has 6 rings (SSSR count). The fraction of sp³-hybridized carbons (Fsp3) is 0.308. The number of fused-ring (bicyclic) bond motifs is 1. The highest BCUT2D eigenvalue weighted by molar-refractivity contribution is 5.76. The molecule has 0 radical (unpaired) electrons. The number of aliphatic hydroxyl groups excluding tert-OH is 1. The number of carbonyl (C=O) groups is 2. The first-order valence-electron chi connectivity index (χ1n) is 16.5. The third-order valence-corrected chi connectivity index (χ3v) is 8.77. The van der Waals surface area contributed by atoms with Crippen LogP contribution in [-0.4, -0.2) is 37.7 Å². The number of ether oxygens (including phenoxy) is 2. The van der Waals surface area contributed by atoms with Gasteiger partial charge in [-0.05, 0) is 58.9 Å². The Balaban J connectivity index is 1.12. The van der Waals surface area contributed by atoms with Crippen LogP contribution >= 0.6 is 0 Å². The van der Waals surface area contributed by atoms with Gasteiger partial charge in [0.1, 0.15) is 0 Å². The number of carbonyl (C=O) groups excluding carboxylic acids is 1. The van der Waals surface area contributed by atoms with Crippen molar-refractivity contribution in [2.24, 2.45) is 0 Å². The Morgan fingerprint density at radius 2 is 1.58 bits per heavy atom. The zero-order valence-corrected chi connectivity index (χ0v) is 26.8. The summed E-state index contributed by atoms with van der Waals surface area (Å²) in [6.07, 6.45) is 4.18. The van der Waals surface area contributed by atoms with Crippen LogP contribution in [0.1, 0.15) is 73.2 Å². The minimum Gasteiger partial charge on any atom is -0.481 e. The predicted octanol–water partition coefficient (Wildman–Crippen LogP) is 7.09. The molecule has 1 aliphatic rings. The lowest BCUT2D eigenvalue weighted by Crippen LogP contribution is -2.32. The fourth-order valence-electron chi connectivity index (χ4n) is 6.13. The maximum absolute atomic E-state index is 12.3. The average Bonchev–Trinajstić information content (AvgIpc) is 3.53. The molecule has 1 fully saturated rings. The van der Waals surface area contributed by atoms with Gasteiger partial charge in [0.2, 0.25) is 5.91 Å². The maximum Gasteiger partial charge on any atom is 0.303 e. The molecule has 3 N–H and O–H groups in total. The zero-order chi connectivity index (χ0) is 33.3. The second-order valence-corrected chi connectivity index (χ2v) is 12.3. The Morgan fingerprint density at radius 3 is 2.38 bits per heavy atom. The van der Waals surface area contributed by atoms with Crippen LogP contribution in [0.25, 0.3) is 22.2 Å². The standard InChI is InChI=1S/C39H41N3O6/c43-25-27-13-15-30(16-14-27)36-22-33(24-42-26-41-34-9-4-5-10-35(34)42)47-39(48-36)31-19-17-29(18-20-31)32-8-6-7-28(21-32)23-40-37(44)11-2-1-3-12-38(45)46/h4-10,13-21,26,33,36,39,43H,1-3,11-12,22-25H2,(H,40,44)(H,45,46)/t33-,36+,39+/m1/s1. The second-order valence-electron chi connectivity index (χ2n) is 12.3. The van der Waals surface area contributed by atoms with Gasteiger partial charge in [-0.2, -0.15) is 0 Å². The van der Waals surface area contributed by atoms with E-state index in [1.165, 1.54) is 0 Å². The number of aliphatic hydroxyl groups is 1. The van der Waals surface area contributed by atoms with E-state index in [1.54, 1.807) is 0 Å². The average molecular weight is 648 g/mol. The Bertz CT molecular complexity index is 1820. The second kappa shape index (κ2) is 15.8. The van der Waals surface area contributed by atoms with Crippen molar-refractivity contribution < 1.29 is 29.3 Å². The van der Waals surface area contributed by atoms with Crippen molar-refractivity contribution in [1.29, 1.82) is 0 Å². The number of hydrogen-bond acceptors (Lipinski definition) is 6. The molecule has 0 unspecified atom stereocenters. The van der Waals surface area contributed by atoms with E-state index in [0.29, 0.717) is 38.8 Å². The van der Waals surface area contributed by atoms with Crippen molar-refractivity contribution in [3.8, 4) is 11.1 Å². The van der Waals surface area contributed by atoms with E-state index in [-0.39, 0.29) is 31.1 Å². The lowest BCUT2D eigenvalue weighted by Gasteiger charge is -2.36. The van der Waals surface area contributed by atoms with Crippen LogP contribution in [0.2, 0.25) is 0 Å². The largest absolute Gasteiger partial charge is 0.481 e. The highest BCUT2D eigenvalue weighted by Gasteiger charge is 2.32. The third kappa shape index (κ3) is 8.55. The molecule has 1 amide bonds. The normalized spacial score (nSPS) is 17.7. The third-order valence-electron chi connectivity index (χ3n) is 8.77. The number of carboxylic acid groups (broad SMARTS) is 1. The Labute approximate surface area is 280 Å². The van der Waals surface area contributed by atoms with Gasteiger partial charge in [0, 0.05) is 31.4 Å². The number of aliphatic carboxylic acids is 1. The zero-order valence-electron chi connectivity index (χ0n) is 26.8. The Morgan fingerprint density at radius 1 is 0.812 bits per heavy atom. The number of nitrogens with one attached hydrogen (secondary N) is 1. The van der Waals surface area contributed by atoms with Crippen molar-refractivity contribution in [2.45, 2.75) is 76.7 Å². The number of benzene rings is 4. The number of carboxylic acids is 1. The van der Waals surface area contributed by atoms with Crippen LogP contribution in [0.4, 0.5) is 0 Å². The van der Waals surface area contributed by atoms with Crippen molar-refractivity contribution in [1.82, 2.24) is 14.9 Å². The molecule has 9 nitrogen and oxygen atoms in total. The molecule has 48 heavy (non-hydrogen) atoms. The van der Waals surface area contributed by atoms with E-state index in [9.17, 15) is 14.7 Å². The monoisotopic (exact) mass is 647 g/mol. The highest BCUT2D eigenvalue weighted by Crippen LogP contribution is 2.39. The number of hydrogen-bond donors (Lipinski definition) is 3. The number of nitrogens with zero attached hydrogens (tertiary/aromatic N) is 2. The predicted molar refractivity (Wildman–Crippen MR) is 183 cm³/mol. The van der Waals surface area contributed by atoms with Crippen LogP contribution in [0.3, 0.4) is 0 Å². The lowest BCUT2D eigenvalue weighted by atomic mass is 9.99. The number of imidazole rings is 1. The van der Waals surface area contributed by atoms with Crippen molar-refractivity contribution in [3.63, 3.8) is 0 Å². The molecule has 1 aliphatic heterocycles. The summed E-state index contributed by atoms with van der Waals surface area (Å²) in [5.74, 6) is -0.835. The molecule has 0 aliphatic carbocycles. The van der Waals surface area contributed by atoms with Crippen LogP contribution in [0.5, 0.6) is 0 Å². The molecule has 5 aromatic rings. The van der Waals surface area contributed by atoms with E-state index in [4.69, 9.17) is 14.6 Å². The molecule has 0 spiro atoms. The molecular formula is C39H41N3O6. The van der Waals surface area contributed by atoms with Crippen LogP contribution < -0.4 is 5.32 Å². The lowest BCUT2D eigenvalue weighted by molar-refractivity contribution is -0.252. The van der Waals surface area contributed by atoms with Crippen LogP contribution in [-0.2, 0) is 38.8 Å². The molecule has 1 saturated heterocycles. The van der Waals surface area contributed by atoms with Crippen molar-refractivity contribution in [2.75, 3.05) is 0 Å². The smallest absolute Gasteiger partial charge is 0.303 e. The summed E-state index contributed by atoms with van der Waals surface area (Å²) in [5, 5.41) is 21.3. The van der Waals surface area contributed by atoms with Crippen molar-refractivity contribution in [3.05, 3.63) is 126 Å². The van der Waals surface area contributed by atoms with Gasteiger partial charge in [-0.15, -0.1) is 0 Å². The van der Waals surface area contributed by atoms with Gasteiger partial charge in [-0.3, -0.25) is 9.59 Å². The summed E-state index contributed by atoms with van der Waals surface area (Å²) in [4.78, 5) is 27.5. The molecule has 3 atom stereocenters. The minimum atomic E-state index is -0.802. The Kier molecular flexibility index (Phi) is 10.9. The topological polar surface area (TPSA) is 123 Å². The van der Waals surface area contributed by atoms with Gasteiger partial charge in [0.25, 0.3) is 0 Å². The highest BCUT2D eigenvalue weighted by atomic mass is 16.7. The van der Waals surface area contributed by atoms with Crippen molar-refractivity contribution >= 4 is 22.9 Å². The van der Waals surface area contributed by atoms with Gasteiger partial charge >= 0.3 is 5.97 Å². The SMILES string of the molecule is O=C(O)CCCCCC(=O)NCc1cccc(-c2ccc([C@H]3O[C@@H](Cn4cnc5ccccc54)C[C@@H](c4ccc(CO)cc4)O3)cc2)c1. The fourth-order valence-corrected chi connectivity index (χ4v) is 6.13. The first-order chi connectivity index (χ1) is 23.4. The first-order valence-corrected chi connectivity index (χ1v) is 16.5. The number of rotatable bonds is 14. The van der Waals surface area contributed by atoms with Crippen LogP contribution in [0.15, 0.2) is 103 Å². The first kappa shape index (κ1) is 33.1. The summed E-state index contributed by atoms with van der Waals surface area (Å²) in [7, 11) is 0. The van der Waals surface area contributed by atoms with E-state index in [2.05, 4.69) is 39.1 Å².